The maximum absolute atomic E-state index is 12.1. The number of Topliss-reactive ketones (excluding diaryl/α,β-unsaturated/α-hetero) is 2. The summed E-state index contributed by atoms with van der Waals surface area (Å²) in [6.45, 7) is 5.31. The van der Waals surface area contributed by atoms with E-state index < -0.39 is 11.6 Å². The number of hydrogen-bond acceptors (Lipinski definition) is 6. The molecule has 0 saturated carbocycles. The second kappa shape index (κ2) is 7.72. The average molecular weight is 306 g/mol. The smallest absolute Gasteiger partial charge is 0.271 e. The highest BCUT2D eigenvalue weighted by Crippen LogP contribution is 2.15. The van der Waals surface area contributed by atoms with Gasteiger partial charge in [0.05, 0.1) is 0 Å². The fourth-order valence-corrected chi connectivity index (χ4v) is 1.78. The van der Waals surface area contributed by atoms with Gasteiger partial charge in [0.1, 0.15) is 24.7 Å². The highest BCUT2D eigenvalue weighted by molar-refractivity contribution is 6.47. The molecule has 0 radical (unpaired) electrons. The predicted molar refractivity (Wildman–Crippen MR) is 76.7 cm³/mol. The van der Waals surface area contributed by atoms with Gasteiger partial charge in [0.25, 0.3) is 11.6 Å². The summed E-state index contributed by atoms with van der Waals surface area (Å²) in [7, 11) is 0. The third kappa shape index (κ3) is 3.93. The van der Waals surface area contributed by atoms with Gasteiger partial charge in [-0.25, -0.2) is 0 Å². The second-order valence-corrected chi connectivity index (χ2v) is 4.46. The third-order valence-corrected chi connectivity index (χ3v) is 2.87. The Kier molecular flexibility index (Phi) is 5.68. The SMILES string of the molecule is CCOCc1ccc(C(=O)C(=O)c2ccc(COCC)o2)o1. The van der Waals surface area contributed by atoms with Gasteiger partial charge in [-0.2, -0.15) is 0 Å². The molecule has 2 heterocycles. The largest absolute Gasteiger partial charge is 0.455 e. The minimum absolute atomic E-state index is 0.0255. The molecule has 0 amide bonds. The molecule has 0 atom stereocenters. The molecule has 0 saturated heterocycles. The average Bonchev–Trinajstić information content (AvgIpc) is 3.18. The van der Waals surface area contributed by atoms with Crippen LogP contribution in [0.15, 0.2) is 33.1 Å². The molecule has 0 aliphatic carbocycles. The van der Waals surface area contributed by atoms with Gasteiger partial charge >= 0.3 is 0 Å². The van der Waals surface area contributed by atoms with Crippen molar-refractivity contribution in [3.05, 3.63) is 47.3 Å². The minimum Gasteiger partial charge on any atom is -0.455 e. The number of furan rings is 2. The van der Waals surface area contributed by atoms with Crippen LogP contribution in [0, 0.1) is 0 Å². The van der Waals surface area contributed by atoms with Crippen molar-refractivity contribution in [2.45, 2.75) is 27.1 Å². The van der Waals surface area contributed by atoms with Gasteiger partial charge < -0.3 is 18.3 Å². The Bertz CT molecular complexity index is 580. The maximum Gasteiger partial charge on any atom is 0.271 e. The molecule has 0 spiro atoms. The highest BCUT2D eigenvalue weighted by atomic mass is 16.5. The summed E-state index contributed by atoms with van der Waals surface area (Å²) in [6.07, 6.45) is 0. The maximum atomic E-state index is 12.1. The molecule has 2 aromatic rings. The second-order valence-electron chi connectivity index (χ2n) is 4.46. The van der Waals surface area contributed by atoms with E-state index in [4.69, 9.17) is 18.3 Å². The van der Waals surface area contributed by atoms with E-state index in [0.717, 1.165) is 0 Å². The van der Waals surface area contributed by atoms with Crippen LogP contribution in [0.1, 0.15) is 46.5 Å². The number of ketones is 2. The molecule has 0 aromatic carbocycles. The van der Waals surface area contributed by atoms with E-state index in [-0.39, 0.29) is 24.7 Å². The van der Waals surface area contributed by atoms with E-state index in [1.165, 1.54) is 12.1 Å². The summed E-state index contributed by atoms with van der Waals surface area (Å²) < 4.78 is 21.0. The first-order valence-corrected chi connectivity index (χ1v) is 7.07. The molecule has 0 unspecified atom stereocenters. The zero-order chi connectivity index (χ0) is 15.9. The zero-order valence-corrected chi connectivity index (χ0v) is 12.6. The summed E-state index contributed by atoms with van der Waals surface area (Å²) in [5.41, 5.74) is 0. The number of carbonyl (C=O) groups is 2. The molecule has 2 rings (SSSR count). The quantitative estimate of drug-likeness (QED) is 0.523. The first kappa shape index (κ1) is 16.2. The van der Waals surface area contributed by atoms with E-state index in [1.54, 1.807) is 12.1 Å². The molecule has 6 heteroatoms. The molecular formula is C16H18O6. The van der Waals surface area contributed by atoms with Crippen LogP contribution in [0.25, 0.3) is 0 Å². The Hall–Kier alpha value is -2.18. The van der Waals surface area contributed by atoms with Crippen LogP contribution in [0.3, 0.4) is 0 Å². The van der Waals surface area contributed by atoms with Gasteiger partial charge in [-0.05, 0) is 38.1 Å². The molecule has 22 heavy (non-hydrogen) atoms. The lowest BCUT2D eigenvalue weighted by atomic mass is 10.2. The molecular weight excluding hydrogens is 288 g/mol. The van der Waals surface area contributed by atoms with Crippen molar-refractivity contribution in [1.82, 2.24) is 0 Å². The van der Waals surface area contributed by atoms with Crippen molar-refractivity contribution in [3.63, 3.8) is 0 Å². The third-order valence-electron chi connectivity index (χ3n) is 2.87. The molecule has 0 fully saturated rings. The summed E-state index contributed by atoms with van der Waals surface area (Å²) in [5, 5.41) is 0. The lowest BCUT2D eigenvalue weighted by molar-refractivity contribution is 0.0769. The van der Waals surface area contributed by atoms with E-state index in [9.17, 15) is 9.59 Å². The normalized spacial score (nSPS) is 10.8. The van der Waals surface area contributed by atoms with Crippen LogP contribution in [0.4, 0.5) is 0 Å². The van der Waals surface area contributed by atoms with E-state index >= 15 is 0 Å². The number of carbonyl (C=O) groups excluding carboxylic acids is 2. The van der Waals surface area contributed by atoms with Crippen LogP contribution in [-0.2, 0) is 22.7 Å². The standard InChI is InChI=1S/C16H18O6/c1-3-19-9-11-5-7-13(21-11)15(17)16(18)14-8-6-12(22-14)10-20-4-2/h5-8H,3-4,9-10H2,1-2H3. The van der Waals surface area contributed by atoms with Gasteiger partial charge in [-0.15, -0.1) is 0 Å². The Balaban J connectivity index is 2.03. The number of ether oxygens (including phenoxy) is 2. The lowest BCUT2D eigenvalue weighted by Gasteiger charge is -1.98. The number of hydrogen-bond donors (Lipinski definition) is 0. The Labute approximate surface area is 128 Å². The molecule has 6 nitrogen and oxygen atoms in total. The van der Waals surface area contributed by atoms with Crippen LogP contribution >= 0.6 is 0 Å². The Morgan fingerprint density at radius 2 is 1.23 bits per heavy atom. The summed E-state index contributed by atoms with van der Waals surface area (Å²) >= 11 is 0. The summed E-state index contributed by atoms with van der Waals surface area (Å²) in [4.78, 5) is 24.2. The summed E-state index contributed by atoms with van der Waals surface area (Å²) in [5.74, 6) is -0.561. The molecule has 0 aliphatic rings. The van der Waals surface area contributed by atoms with Crippen molar-refractivity contribution in [2.24, 2.45) is 0 Å². The fourth-order valence-electron chi connectivity index (χ4n) is 1.78. The zero-order valence-electron chi connectivity index (χ0n) is 12.6. The van der Waals surface area contributed by atoms with Gasteiger partial charge in [0.15, 0.2) is 11.5 Å². The van der Waals surface area contributed by atoms with Gasteiger partial charge in [-0.3, -0.25) is 9.59 Å². The van der Waals surface area contributed by atoms with Crippen molar-refractivity contribution in [1.29, 1.82) is 0 Å². The van der Waals surface area contributed by atoms with E-state index in [1.807, 2.05) is 13.8 Å². The molecule has 0 N–H and O–H groups in total. The van der Waals surface area contributed by atoms with Crippen molar-refractivity contribution in [2.75, 3.05) is 13.2 Å². The lowest BCUT2D eigenvalue weighted by Crippen LogP contribution is -2.12. The highest BCUT2D eigenvalue weighted by Gasteiger charge is 2.24. The van der Waals surface area contributed by atoms with Crippen LogP contribution in [0.2, 0.25) is 0 Å². The molecule has 118 valence electrons. The number of rotatable bonds is 9. The van der Waals surface area contributed by atoms with Gasteiger partial charge in [0, 0.05) is 13.2 Å². The van der Waals surface area contributed by atoms with Crippen molar-refractivity contribution < 1.29 is 27.9 Å². The first-order valence-electron chi connectivity index (χ1n) is 7.07. The predicted octanol–water partition coefficient (Wildman–Crippen LogP) is 3.01. The first-order chi connectivity index (χ1) is 10.7. The topological polar surface area (TPSA) is 78.9 Å². The van der Waals surface area contributed by atoms with Crippen LogP contribution in [-0.4, -0.2) is 24.8 Å². The Morgan fingerprint density at radius 1 is 0.818 bits per heavy atom. The van der Waals surface area contributed by atoms with Crippen molar-refractivity contribution in [3.8, 4) is 0 Å². The molecule has 0 bridgehead atoms. The van der Waals surface area contributed by atoms with E-state index in [0.29, 0.717) is 24.7 Å². The van der Waals surface area contributed by atoms with Crippen molar-refractivity contribution >= 4 is 11.6 Å². The van der Waals surface area contributed by atoms with Gasteiger partial charge in [-0.1, -0.05) is 0 Å². The molecule has 2 aromatic heterocycles. The minimum atomic E-state index is -0.750. The molecule has 0 aliphatic heterocycles. The summed E-state index contributed by atoms with van der Waals surface area (Å²) in [6, 6.07) is 6.13. The van der Waals surface area contributed by atoms with Gasteiger partial charge in [0.2, 0.25) is 0 Å². The monoisotopic (exact) mass is 306 g/mol. The van der Waals surface area contributed by atoms with Crippen LogP contribution in [0.5, 0.6) is 0 Å². The fraction of sp³-hybridized carbons (Fsp3) is 0.375. The Morgan fingerprint density at radius 3 is 1.59 bits per heavy atom. The van der Waals surface area contributed by atoms with Crippen LogP contribution < -0.4 is 0 Å². The van der Waals surface area contributed by atoms with E-state index in [2.05, 4.69) is 0 Å².